The van der Waals surface area contributed by atoms with Crippen molar-refractivity contribution < 1.29 is 14.7 Å². The third kappa shape index (κ3) is 4.07. The molecule has 5 nitrogen and oxygen atoms in total. The average molecular weight is 273 g/mol. The molecule has 0 atom stereocenters. The Bertz CT molecular complexity index is 364. The Morgan fingerprint density at radius 2 is 2.20 bits per heavy atom. The van der Waals surface area contributed by atoms with Gasteiger partial charge in [0.25, 0.3) is 0 Å². The van der Waals surface area contributed by atoms with E-state index in [0.717, 1.165) is 4.47 Å². The van der Waals surface area contributed by atoms with Gasteiger partial charge in [0.05, 0.1) is 0 Å². The Balaban J connectivity index is 2.35. The van der Waals surface area contributed by atoms with Gasteiger partial charge in [0, 0.05) is 23.6 Å². The molecule has 0 saturated carbocycles. The first-order valence-electron chi connectivity index (χ1n) is 4.21. The summed E-state index contributed by atoms with van der Waals surface area (Å²) in [5.74, 6) is -1.60. The fourth-order valence-electron chi connectivity index (χ4n) is 0.891. The van der Waals surface area contributed by atoms with Gasteiger partial charge in [-0.25, -0.2) is 9.78 Å². The summed E-state index contributed by atoms with van der Waals surface area (Å²) in [5.41, 5.74) is 0. The van der Waals surface area contributed by atoms with E-state index in [4.69, 9.17) is 5.11 Å². The molecule has 0 aliphatic carbocycles. The Labute approximate surface area is 94.6 Å². The van der Waals surface area contributed by atoms with Crippen LogP contribution in [0.4, 0.5) is 5.82 Å². The van der Waals surface area contributed by atoms with Gasteiger partial charge in [-0.2, -0.15) is 0 Å². The van der Waals surface area contributed by atoms with Gasteiger partial charge in [-0.05, 0) is 28.1 Å². The number of hydrogen-bond donors (Lipinski definition) is 2. The van der Waals surface area contributed by atoms with Crippen LogP contribution in [-0.2, 0) is 9.59 Å². The first-order valence-corrected chi connectivity index (χ1v) is 5.00. The zero-order valence-electron chi connectivity index (χ0n) is 7.74. The summed E-state index contributed by atoms with van der Waals surface area (Å²) in [6, 6.07) is 3.53. The van der Waals surface area contributed by atoms with Crippen LogP contribution >= 0.6 is 15.9 Å². The number of rotatable bonds is 5. The highest BCUT2D eigenvalue weighted by molar-refractivity contribution is 9.10. The predicted octanol–water partition coefficient (Wildman–Crippen LogP) is 1.30. The third-order valence-electron chi connectivity index (χ3n) is 1.62. The summed E-state index contributed by atoms with van der Waals surface area (Å²) >= 11 is 3.23. The minimum atomic E-state index is -1.40. The van der Waals surface area contributed by atoms with Crippen LogP contribution in [0.3, 0.4) is 0 Å². The highest BCUT2D eigenvalue weighted by Crippen LogP contribution is 2.10. The molecule has 0 aromatic carbocycles. The van der Waals surface area contributed by atoms with Crippen molar-refractivity contribution in [1.29, 1.82) is 0 Å². The Morgan fingerprint density at radius 1 is 1.47 bits per heavy atom. The maximum absolute atomic E-state index is 10.7. The van der Waals surface area contributed by atoms with Crippen LogP contribution in [0.25, 0.3) is 0 Å². The highest BCUT2D eigenvalue weighted by atomic mass is 79.9. The van der Waals surface area contributed by atoms with E-state index in [1.54, 1.807) is 18.3 Å². The molecule has 0 bridgehead atoms. The molecule has 0 aliphatic heterocycles. The summed E-state index contributed by atoms with van der Waals surface area (Å²) in [5, 5.41) is 11.2. The summed E-state index contributed by atoms with van der Waals surface area (Å²) in [6.07, 6.45) is 1.56. The Kier molecular flexibility index (Phi) is 4.23. The number of carboxylic acid groups (broad SMARTS) is 1. The normalized spacial score (nSPS) is 9.67. The number of nitrogens with zero attached hydrogens (tertiary/aromatic N) is 1. The number of aliphatic carboxylic acids is 1. The van der Waals surface area contributed by atoms with Gasteiger partial charge >= 0.3 is 5.97 Å². The molecule has 0 aliphatic rings. The van der Waals surface area contributed by atoms with Crippen molar-refractivity contribution in [2.24, 2.45) is 0 Å². The predicted molar refractivity (Wildman–Crippen MR) is 57.7 cm³/mol. The van der Waals surface area contributed by atoms with Gasteiger partial charge in [0.1, 0.15) is 5.82 Å². The van der Waals surface area contributed by atoms with E-state index in [2.05, 4.69) is 26.2 Å². The second-order valence-corrected chi connectivity index (χ2v) is 3.68. The maximum atomic E-state index is 10.7. The van der Waals surface area contributed by atoms with Gasteiger partial charge in [-0.1, -0.05) is 0 Å². The molecule has 1 rings (SSSR count). The molecule has 1 aromatic heterocycles. The van der Waals surface area contributed by atoms with Crippen molar-refractivity contribution in [3.05, 3.63) is 22.8 Å². The molecular formula is C9H9BrN2O3. The molecule has 15 heavy (non-hydrogen) atoms. The fraction of sp³-hybridized carbons (Fsp3) is 0.222. The zero-order chi connectivity index (χ0) is 11.3. The van der Waals surface area contributed by atoms with E-state index in [1.165, 1.54) is 0 Å². The number of aromatic nitrogens is 1. The van der Waals surface area contributed by atoms with E-state index >= 15 is 0 Å². The lowest BCUT2D eigenvalue weighted by Gasteiger charge is -2.03. The van der Waals surface area contributed by atoms with E-state index in [9.17, 15) is 9.59 Å². The number of Topliss-reactive ketones (excluding diaryl/α,β-unsaturated/α-hetero) is 1. The van der Waals surface area contributed by atoms with Crippen LogP contribution in [-0.4, -0.2) is 28.4 Å². The minimum absolute atomic E-state index is 0.0485. The van der Waals surface area contributed by atoms with Gasteiger partial charge < -0.3 is 10.4 Å². The van der Waals surface area contributed by atoms with Crippen LogP contribution in [0.1, 0.15) is 6.42 Å². The molecular weight excluding hydrogens is 264 g/mol. The zero-order valence-corrected chi connectivity index (χ0v) is 9.32. The van der Waals surface area contributed by atoms with Crippen LogP contribution < -0.4 is 5.32 Å². The van der Waals surface area contributed by atoms with Crippen LogP contribution in [0.15, 0.2) is 22.8 Å². The number of ketones is 1. The fourth-order valence-corrected chi connectivity index (χ4v) is 1.13. The third-order valence-corrected chi connectivity index (χ3v) is 2.09. The number of carbonyl (C=O) groups is 2. The van der Waals surface area contributed by atoms with Crippen LogP contribution in [0.5, 0.6) is 0 Å². The lowest BCUT2D eigenvalue weighted by atomic mass is 10.3. The maximum Gasteiger partial charge on any atom is 0.372 e. The summed E-state index contributed by atoms with van der Waals surface area (Å²) < 4.78 is 0.856. The Morgan fingerprint density at radius 3 is 2.73 bits per heavy atom. The number of carbonyl (C=O) groups excluding carboxylic acids is 1. The second-order valence-electron chi connectivity index (χ2n) is 2.77. The van der Waals surface area contributed by atoms with Crippen molar-refractivity contribution in [2.45, 2.75) is 6.42 Å². The highest BCUT2D eigenvalue weighted by Gasteiger charge is 2.09. The molecule has 2 N–H and O–H groups in total. The number of pyridine rings is 1. The van der Waals surface area contributed by atoms with Gasteiger partial charge in [0.15, 0.2) is 0 Å². The molecule has 0 spiro atoms. The van der Waals surface area contributed by atoms with Crippen molar-refractivity contribution in [3.8, 4) is 0 Å². The minimum Gasteiger partial charge on any atom is -0.476 e. The molecule has 1 aromatic rings. The van der Waals surface area contributed by atoms with Crippen molar-refractivity contribution >= 4 is 33.5 Å². The lowest BCUT2D eigenvalue weighted by molar-refractivity contribution is -0.148. The van der Waals surface area contributed by atoms with Gasteiger partial charge in [-0.15, -0.1) is 0 Å². The number of anilines is 1. The number of nitrogens with one attached hydrogen (secondary N) is 1. The molecule has 0 saturated heterocycles. The molecule has 0 unspecified atom stereocenters. The second kappa shape index (κ2) is 5.45. The van der Waals surface area contributed by atoms with E-state index in [-0.39, 0.29) is 13.0 Å². The van der Waals surface area contributed by atoms with E-state index in [0.29, 0.717) is 5.82 Å². The first kappa shape index (κ1) is 11.6. The van der Waals surface area contributed by atoms with E-state index in [1.807, 2.05) is 0 Å². The number of hydrogen-bond acceptors (Lipinski definition) is 4. The number of halogens is 1. The lowest BCUT2D eigenvalue weighted by Crippen LogP contribution is -2.16. The largest absolute Gasteiger partial charge is 0.476 e. The topological polar surface area (TPSA) is 79.3 Å². The SMILES string of the molecule is O=C(O)C(=O)CCNc1ccc(Br)cn1. The number of carboxylic acids is 1. The molecule has 6 heteroatoms. The van der Waals surface area contributed by atoms with Gasteiger partial charge in [-0.3, -0.25) is 4.79 Å². The summed E-state index contributed by atoms with van der Waals surface area (Å²) in [7, 11) is 0. The average Bonchev–Trinajstić information content (AvgIpc) is 2.20. The summed E-state index contributed by atoms with van der Waals surface area (Å²) in [6.45, 7) is 0.264. The molecule has 0 amide bonds. The molecule has 0 fully saturated rings. The monoisotopic (exact) mass is 272 g/mol. The van der Waals surface area contributed by atoms with Crippen molar-refractivity contribution in [1.82, 2.24) is 4.98 Å². The van der Waals surface area contributed by atoms with Crippen LogP contribution in [0.2, 0.25) is 0 Å². The molecule has 1 heterocycles. The van der Waals surface area contributed by atoms with Crippen LogP contribution in [0, 0.1) is 0 Å². The molecule has 0 radical (unpaired) electrons. The molecule has 80 valence electrons. The smallest absolute Gasteiger partial charge is 0.372 e. The standard InChI is InChI=1S/C9H9BrN2O3/c10-6-1-2-8(12-5-6)11-4-3-7(13)9(14)15/h1-2,5H,3-4H2,(H,11,12)(H,14,15). The Hall–Kier alpha value is -1.43. The van der Waals surface area contributed by atoms with Gasteiger partial charge in [0.2, 0.25) is 5.78 Å². The van der Waals surface area contributed by atoms with E-state index < -0.39 is 11.8 Å². The van der Waals surface area contributed by atoms with Crippen molar-refractivity contribution in [3.63, 3.8) is 0 Å². The first-order chi connectivity index (χ1) is 7.09. The van der Waals surface area contributed by atoms with Crippen molar-refractivity contribution in [2.75, 3.05) is 11.9 Å². The summed E-state index contributed by atoms with van der Waals surface area (Å²) in [4.78, 5) is 24.9. The quantitative estimate of drug-likeness (QED) is 0.790.